The molecule has 0 amide bonds. The van der Waals surface area contributed by atoms with E-state index in [-0.39, 0.29) is 39.4 Å². The van der Waals surface area contributed by atoms with Crippen molar-refractivity contribution in [1.29, 1.82) is 5.26 Å². The highest BCUT2D eigenvalue weighted by atomic mass is 35.5. The van der Waals surface area contributed by atoms with Gasteiger partial charge in [0.1, 0.15) is 29.1 Å². The van der Waals surface area contributed by atoms with Gasteiger partial charge in [0.05, 0.1) is 27.7 Å². The van der Waals surface area contributed by atoms with Crippen LogP contribution in [-0.4, -0.2) is 19.5 Å². The first-order chi connectivity index (χ1) is 15.7. The number of hydrogen-bond donors (Lipinski definition) is 3. The number of aromatic nitrogens is 4. The van der Waals surface area contributed by atoms with Crippen molar-refractivity contribution in [3.8, 4) is 11.8 Å². The van der Waals surface area contributed by atoms with E-state index in [4.69, 9.17) is 23.1 Å². The van der Waals surface area contributed by atoms with Crippen LogP contribution in [0, 0.1) is 24.1 Å². The highest BCUT2D eigenvalue weighted by Crippen LogP contribution is 2.27. The van der Waals surface area contributed by atoms with Crippen LogP contribution in [0.1, 0.15) is 29.9 Å². The minimum absolute atomic E-state index is 0.00397. The zero-order valence-corrected chi connectivity index (χ0v) is 18.4. The molecule has 0 spiro atoms. The molecule has 4 rings (SSSR count). The van der Waals surface area contributed by atoms with E-state index in [9.17, 15) is 14.4 Å². The van der Waals surface area contributed by atoms with Gasteiger partial charge < -0.3 is 16.8 Å². The zero-order valence-electron chi connectivity index (χ0n) is 17.6. The van der Waals surface area contributed by atoms with Gasteiger partial charge in [0, 0.05) is 0 Å². The molecule has 0 bridgehead atoms. The Labute approximate surface area is 192 Å². The molecule has 9 nitrogen and oxygen atoms in total. The maximum absolute atomic E-state index is 14.2. The van der Waals surface area contributed by atoms with Crippen LogP contribution < -0.4 is 22.3 Å². The molecule has 5 N–H and O–H groups in total. The second kappa shape index (κ2) is 8.37. The first-order valence-corrected chi connectivity index (χ1v) is 10.2. The van der Waals surface area contributed by atoms with Crippen LogP contribution in [0.5, 0.6) is 0 Å². The summed E-state index contributed by atoms with van der Waals surface area (Å²) in [5.41, 5.74) is 12.3. The summed E-state index contributed by atoms with van der Waals surface area (Å²) in [6.07, 6.45) is 0. The Hall–Kier alpha value is -4.23. The fourth-order valence-corrected chi connectivity index (χ4v) is 3.78. The molecule has 0 saturated heterocycles. The van der Waals surface area contributed by atoms with E-state index in [2.05, 4.69) is 20.3 Å². The third kappa shape index (κ3) is 3.90. The van der Waals surface area contributed by atoms with E-state index in [1.54, 1.807) is 38.1 Å². The monoisotopic (exact) mass is 464 g/mol. The minimum Gasteiger partial charge on any atom is -0.382 e. The van der Waals surface area contributed by atoms with Crippen molar-refractivity contribution in [1.82, 2.24) is 19.5 Å². The summed E-state index contributed by atoms with van der Waals surface area (Å²) in [6.45, 7) is 3.46. The van der Waals surface area contributed by atoms with E-state index >= 15 is 0 Å². The Bertz CT molecular complexity index is 1510. The molecular weight excluding hydrogens is 447 g/mol. The van der Waals surface area contributed by atoms with Gasteiger partial charge in [-0.05, 0) is 43.7 Å². The number of nitrogens with two attached hydrogens (primary N) is 2. The second-order valence-electron chi connectivity index (χ2n) is 7.34. The standard InChI is InChI=1S/C22H18ClFN8O/c1-10-6-7-12(24)8-16(10)32-20(29-15-5-3-4-14(23)17(15)21(32)33)11(2)28-19-13(9-25)18(26)30-22(27)31-19/h3-8,11H,1-2H3,(H5,26,27,28,30,31). The predicted molar refractivity (Wildman–Crippen MR) is 125 cm³/mol. The maximum Gasteiger partial charge on any atom is 0.267 e. The van der Waals surface area contributed by atoms with Gasteiger partial charge in [0.25, 0.3) is 5.56 Å². The first-order valence-electron chi connectivity index (χ1n) is 9.78. The largest absolute Gasteiger partial charge is 0.382 e. The van der Waals surface area contributed by atoms with Gasteiger partial charge in [-0.25, -0.2) is 9.37 Å². The molecule has 1 atom stereocenters. The lowest BCUT2D eigenvalue weighted by molar-refractivity contribution is 0.624. The average Bonchev–Trinajstić information content (AvgIpc) is 2.75. The Morgan fingerprint density at radius 3 is 2.70 bits per heavy atom. The molecule has 0 radical (unpaired) electrons. The molecule has 11 heteroatoms. The second-order valence-corrected chi connectivity index (χ2v) is 7.75. The number of anilines is 3. The number of rotatable bonds is 4. The van der Waals surface area contributed by atoms with E-state index in [1.807, 2.05) is 6.07 Å². The molecule has 0 aliphatic carbocycles. The molecular formula is C22H18ClFN8O. The summed E-state index contributed by atoms with van der Waals surface area (Å²) in [5.74, 6) is -0.411. The smallest absolute Gasteiger partial charge is 0.267 e. The Balaban J connectivity index is 1.99. The number of halogens is 2. The van der Waals surface area contributed by atoms with Crippen LogP contribution in [0.25, 0.3) is 16.6 Å². The van der Waals surface area contributed by atoms with Crippen molar-refractivity contribution >= 4 is 40.1 Å². The Kier molecular flexibility index (Phi) is 5.57. The van der Waals surface area contributed by atoms with Gasteiger partial charge in [-0.3, -0.25) is 9.36 Å². The van der Waals surface area contributed by atoms with Crippen molar-refractivity contribution in [3.63, 3.8) is 0 Å². The summed E-state index contributed by atoms with van der Waals surface area (Å²) in [6, 6.07) is 10.3. The lowest BCUT2D eigenvalue weighted by Gasteiger charge is -2.22. The van der Waals surface area contributed by atoms with Gasteiger partial charge >= 0.3 is 0 Å². The van der Waals surface area contributed by atoms with Gasteiger partial charge in [0.2, 0.25) is 5.95 Å². The number of nitrogen functional groups attached to an aromatic ring is 2. The number of nitrogens with zero attached hydrogens (tertiary/aromatic N) is 5. The molecule has 1 unspecified atom stereocenters. The van der Waals surface area contributed by atoms with E-state index in [1.165, 1.54) is 16.7 Å². The number of nitrogens with one attached hydrogen (secondary N) is 1. The summed E-state index contributed by atoms with van der Waals surface area (Å²) in [4.78, 5) is 26.1. The molecule has 2 aromatic carbocycles. The normalized spacial score (nSPS) is 11.8. The number of hydrogen-bond acceptors (Lipinski definition) is 8. The van der Waals surface area contributed by atoms with Crippen LogP contribution in [0.3, 0.4) is 0 Å². The molecule has 0 saturated carbocycles. The maximum atomic E-state index is 14.2. The van der Waals surface area contributed by atoms with Crippen LogP contribution in [0.15, 0.2) is 41.2 Å². The van der Waals surface area contributed by atoms with Crippen LogP contribution in [0.4, 0.5) is 22.0 Å². The highest BCUT2D eigenvalue weighted by molar-refractivity contribution is 6.35. The average molecular weight is 465 g/mol. The summed E-state index contributed by atoms with van der Waals surface area (Å²) < 4.78 is 15.5. The molecule has 33 heavy (non-hydrogen) atoms. The summed E-state index contributed by atoms with van der Waals surface area (Å²) in [5, 5.41) is 12.9. The first kappa shape index (κ1) is 22.0. The number of aryl methyl sites for hydroxylation is 1. The fourth-order valence-electron chi connectivity index (χ4n) is 3.53. The minimum atomic E-state index is -0.690. The fraction of sp³-hybridized carbons (Fsp3) is 0.136. The van der Waals surface area contributed by atoms with Crippen molar-refractivity contribution in [3.05, 3.63) is 74.5 Å². The number of benzene rings is 2. The molecule has 166 valence electrons. The topological polar surface area (TPSA) is 149 Å². The quantitative estimate of drug-likeness (QED) is 0.415. The predicted octanol–water partition coefficient (Wildman–Crippen LogP) is 3.49. The van der Waals surface area contributed by atoms with Gasteiger partial charge in [-0.1, -0.05) is 23.7 Å². The van der Waals surface area contributed by atoms with Crippen LogP contribution >= 0.6 is 11.6 Å². The van der Waals surface area contributed by atoms with Crippen molar-refractivity contribution in [2.24, 2.45) is 0 Å². The molecule has 0 fully saturated rings. The highest BCUT2D eigenvalue weighted by Gasteiger charge is 2.22. The van der Waals surface area contributed by atoms with Crippen molar-refractivity contribution < 1.29 is 4.39 Å². The van der Waals surface area contributed by atoms with Gasteiger partial charge in [-0.15, -0.1) is 0 Å². The lowest BCUT2D eigenvalue weighted by Crippen LogP contribution is -2.28. The van der Waals surface area contributed by atoms with Crippen molar-refractivity contribution in [2.75, 3.05) is 16.8 Å². The van der Waals surface area contributed by atoms with E-state index in [0.717, 1.165) is 0 Å². The van der Waals surface area contributed by atoms with Gasteiger partial charge in [-0.2, -0.15) is 15.2 Å². The van der Waals surface area contributed by atoms with Crippen LogP contribution in [-0.2, 0) is 0 Å². The number of fused-ring (bicyclic) bond motifs is 1. The van der Waals surface area contributed by atoms with Gasteiger partial charge in [0.15, 0.2) is 5.82 Å². The van der Waals surface area contributed by atoms with E-state index in [0.29, 0.717) is 16.8 Å². The molecule has 2 aromatic heterocycles. The van der Waals surface area contributed by atoms with E-state index < -0.39 is 17.4 Å². The Morgan fingerprint density at radius 2 is 1.97 bits per heavy atom. The molecule has 0 aliphatic heterocycles. The van der Waals surface area contributed by atoms with Crippen LogP contribution in [0.2, 0.25) is 5.02 Å². The summed E-state index contributed by atoms with van der Waals surface area (Å²) >= 11 is 6.31. The molecule has 4 aromatic rings. The molecule has 0 aliphatic rings. The SMILES string of the molecule is Cc1ccc(F)cc1-n1c(C(C)Nc2nc(N)nc(N)c2C#N)nc2cccc(Cl)c2c1=O. The number of nitriles is 1. The third-order valence-electron chi connectivity index (χ3n) is 5.09. The Morgan fingerprint density at radius 1 is 1.21 bits per heavy atom. The summed E-state index contributed by atoms with van der Waals surface area (Å²) in [7, 11) is 0. The molecule has 2 heterocycles. The van der Waals surface area contributed by atoms with Crippen molar-refractivity contribution in [2.45, 2.75) is 19.9 Å². The zero-order chi connectivity index (χ0) is 23.9. The lowest BCUT2D eigenvalue weighted by atomic mass is 10.1. The third-order valence-corrected chi connectivity index (χ3v) is 5.41.